The second-order valence-corrected chi connectivity index (χ2v) is 9.03. The molecule has 7 nitrogen and oxygen atoms in total. The van der Waals surface area contributed by atoms with Gasteiger partial charge in [-0.25, -0.2) is 4.68 Å². The van der Waals surface area contributed by atoms with Gasteiger partial charge in [-0.15, -0.1) is 0 Å². The van der Waals surface area contributed by atoms with Crippen LogP contribution in [0.4, 0.5) is 11.5 Å². The number of aryl methyl sites for hydroxylation is 1. The highest BCUT2D eigenvalue weighted by Gasteiger charge is 2.30. The number of benzene rings is 2. The number of nitrogens with one attached hydrogen (secondary N) is 2. The Morgan fingerprint density at radius 3 is 2.26 bits per heavy atom. The van der Waals surface area contributed by atoms with Crippen LogP contribution in [0.3, 0.4) is 0 Å². The van der Waals surface area contributed by atoms with Crippen molar-refractivity contribution >= 4 is 23.3 Å². The van der Waals surface area contributed by atoms with Crippen molar-refractivity contribution < 1.29 is 9.59 Å². The molecular weight excluding hydrogens is 426 g/mol. The topological polar surface area (TPSA) is 79.3 Å². The second kappa shape index (κ2) is 10.5. The Bertz CT molecular complexity index is 1120. The molecule has 0 unspecified atom stereocenters. The zero-order valence-corrected chi connectivity index (χ0v) is 20.1. The van der Waals surface area contributed by atoms with E-state index in [-0.39, 0.29) is 23.7 Å². The van der Waals surface area contributed by atoms with Gasteiger partial charge in [-0.05, 0) is 43.4 Å². The maximum absolute atomic E-state index is 12.9. The van der Waals surface area contributed by atoms with Crippen molar-refractivity contribution in [3.05, 3.63) is 71.9 Å². The van der Waals surface area contributed by atoms with Crippen LogP contribution in [0.15, 0.2) is 60.7 Å². The van der Waals surface area contributed by atoms with Crippen LogP contribution in [0, 0.1) is 12.8 Å². The minimum Gasteiger partial charge on any atom is -0.355 e. The highest BCUT2D eigenvalue weighted by molar-refractivity contribution is 5.93. The lowest BCUT2D eigenvalue weighted by Crippen LogP contribution is -2.42. The number of piperidine rings is 1. The number of hydrogen-bond acceptors (Lipinski definition) is 4. The fourth-order valence-electron chi connectivity index (χ4n) is 4.53. The summed E-state index contributed by atoms with van der Waals surface area (Å²) in [6.07, 6.45) is 1.51. The van der Waals surface area contributed by atoms with Crippen LogP contribution in [0.2, 0.25) is 0 Å². The van der Waals surface area contributed by atoms with E-state index in [9.17, 15) is 9.59 Å². The smallest absolute Gasteiger partial charge is 0.223 e. The molecule has 1 fully saturated rings. The van der Waals surface area contributed by atoms with Gasteiger partial charge in [-0.2, -0.15) is 5.10 Å². The maximum Gasteiger partial charge on any atom is 0.223 e. The van der Waals surface area contributed by atoms with Crippen LogP contribution in [0.5, 0.6) is 0 Å². The lowest BCUT2D eigenvalue weighted by atomic mass is 9.95. The molecule has 1 aromatic heterocycles. The van der Waals surface area contributed by atoms with E-state index in [0.717, 1.165) is 48.8 Å². The van der Waals surface area contributed by atoms with Crippen molar-refractivity contribution in [1.82, 2.24) is 15.1 Å². The molecule has 0 saturated carbocycles. The lowest BCUT2D eigenvalue weighted by molar-refractivity contribution is -0.125. The van der Waals surface area contributed by atoms with E-state index in [1.165, 1.54) is 12.5 Å². The molecule has 4 rings (SSSR count). The molecule has 1 aliphatic rings. The summed E-state index contributed by atoms with van der Waals surface area (Å²) < 4.78 is 1.89. The highest BCUT2D eigenvalue weighted by atomic mass is 16.2. The van der Waals surface area contributed by atoms with E-state index in [0.29, 0.717) is 6.54 Å². The third kappa shape index (κ3) is 5.30. The van der Waals surface area contributed by atoms with Crippen molar-refractivity contribution in [2.24, 2.45) is 5.92 Å². The summed E-state index contributed by atoms with van der Waals surface area (Å²) in [6, 6.07) is 20.2. The zero-order valence-electron chi connectivity index (χ0n) is 20.1. The van der Waals surface area contributed by atoms with Crippen molar-refractivity contribution in [2.45, 2.75) is 39.5 Å². The Balaban J connectivity index is 1.44. The zero-order chi connectivity index (χ0) is 24.1. The SMILES string of the molecule is CC(=O)Nc1c(C)nn(-c2ccccc2)c1N1CCC(C(=O)NC[C@@H](C)c2ccccc2)CC1. The molecule has 1 aliphatic heterocycles. The van der Waals surface area contributed by atoms with Crippen molar-refractivity contribution in [3.63, 3.8) is 0 Å². The molecule has 2 amide bonds. The van der Waals surface area contributed by atoms with Gasteiger partial charge < -0.3 is 15.5 Å². The molecule has 2 N–H and O–H groups in total. The van der Waals surface area contributed by atoms with Crippen LogP contribution in [0.25, 0.3) is 5.69 Å². The third-order valence-corrected chi connectivity index (χ3v) is 6.45. The second-order valence-electron chi connectivity index (χ2n) is 9.03. The standard InChI is InChI=1S/C27H33N5O2/c1-19(22-10-6-4-7-11-22)18-28-26(34)23-14-16-31(17-15-23)27-25(29-21(3)33)20(2)30-32(27)24-12-8-5-9-13-24/h4-13,19,23H,14-18H2,1-3H3,(H,28,34)(H,29,33)/t19-/m1/s1. The van der Waals surface area contributed by atoms with Crippen molar-refractivity contribution in [2.75, 3.05) is 29.9 Å². The lowest BCUT2D eigenvalue weighted by Gasteiger charge is -2.33. The molecular formula is C27H33N5O2. The van der Waals surface area contributed by atoms with Gasteiger partial charge in [0.15, 0.2) is 5.82 Å². The fourth-order valence-corrected chi connectivity index (χ4v) is 4.53. The van der Waals surface area contributed by atoms with E-state index in [1.807, 2.05) is 60.1 Å². The minimum atomic E-state index is -0.126. The van der Waals surface area contributed by atoms with Crippen LogP contribution in [-0.2, 0) is 9.59 Å². The molecule has 2 aromatic carbocycles. The Morgan fingerprint density at radius 1 is 1.03 bits per heavy atom. The number of anilines is 2. The molecule has 0 spiro atoms. The largest absolute Gasteiger partial charge is 0.355 e. The molecule has 3 aromatic rings. The summed E-state index contributed by atoms with van der Waals surface area (Å²) in [5.41, 5.74) is 3.67. The fraction of sp³-hybridized carbons (Fsp3) is 0.370. The Kier molecular flexibility index (Phi) is 7.30. The summed E-state index contributed by atoms with van der Waals surface area (Å²) in [6.45, 7) is 7.62. The minimum absolute atomic E-state index is 0.0161. The first-order chi connectivity index (χ1) is 16.4. The molecule has 0 aliphatic carbocycles. The van der Waals surface area contributed by atoms with Crippen LogP contribution >= 0.6 is 0 Å². The number of nitrogens with zero attached hydrogens (tertiary/aromatic N) is 3. The first-order valence-corrected chi connectivity index (χ1v) is 11.9. The summed E-state index contributed by atoms with van der Waals surface area (Å²) in [5, 5.41) is 10.8. The van der Waals surface area contributed by atoms with Crippen LogP contribution < -0.4 is 15.5 Å². The maximum atomic E-state index is 12.9. The molecule has 0 bridgehead atoms. The van der Waals surface area contributed by atoms with Gasteiger partial charge >= 0.3 is 0 Å². The molecule has 34 heavy (non-hydrogen) atoms. The summed E-state index contributed by atoms with van der Waals surface area (Å²) >= 11 is 0. The number of carbonyl (C=O) groups excluding carboxylic acids is 2. The van der Waals surface area contributed by atoms with E-state index in [2.05, 4.69) is 34.6 Å². The average Bonchev–Trinajstić information content (AvgIpc) is 3.18. The normalized spacial score (nSPS) is 15.1. The molecule has 1 saturated heterocycles. The van der Waals surface area contributed by atoms with E-state index < -0.39 is 0 Å². The average molecular weight is 460 g/mol. The molecule has 1 atom stereocenters. The first-order valence-electron chi connectivity index (χ1n) is 11.9. The van der Waals surface area contributed by atoms with Gasteiger partial charge in [-0.3, -0.25) is 9.59 Å². The Labute approximate surface area is 201 Å². The number of hydrogen-bond donors (Lipinski definition) is 2. The predicted molar refractivity (Wildman–Crippen MR) is 135 cm³/mol. The highest BCUT2D eigenvalue weighted by Crippen LogP contribution is 2.34. The van der Waals surface area contributed by atoms with Gasteiger partial charge in [0.2, 0.25) is 11.8 Å². The summed E-state index contributed by atoms with van der Waals surface area (Å²) in [4.78, 5) is 27.0. The summed E-state index contributed by atoms with van der Waals surface area (Å²) in [5.74, 6) is 1.12. The monoisotopic (exact) mass is 459 g/mol. The van der Waals surface area contributed by atoms with Crippen LogP contribution in [0.1, 0.15) is 43.9 Å². The van der Waals surface area contributed by atoms with Gasteiger partial charge in [0.05, 0.1) is 11.4 Å². The van der Waals surface area contributed by atoms with Gasteiger partial charge in [-0.1, -0.05) is 55.5 Å². The molecule has 178 valence electrons. The van der Waals surface area contributed by atoms with Crippen LogP contribution in [-0.4, -0.2) is 41.2 Å². The molecule has 0 radical (unpaired) electrons. The van der Waals surface area contributed by atoms with E-state index in [4.69, 9.17) is 5.10 Å². The number of rotatable bonds is 7. The Morgan fingerprint density at radius 2 is 1.65 bits per heavy atom. The molecule has 7 heteroatoms. The summed E-state index contributed by atoms with van der Waals surface area (Å²) in [7, 11) is 0. The number of aromatic nitrogens is 2. The van der Waals surface area contributed by atoms with Gasteiger partial charge in [0.25, 0.3) is 0 Å². The van der Waals surface area contributed by atoms with Crippen molar-refractivity contribution in [3.8, 4) is 5.69 Å². The number of amides is 2. The third-order valence-electron chi connectivity index (χ3n) is 6.45. The first kappa shape index (κ1) is 23.5. The molecule has 2 heterocycles. The Hall–Kier alpha value is -3.61. The number of para-hydroxylation sites is 1. The van der Waals surface area contributed by atoms with Gasteiger partial charge in [0.1, 0.15) is 5.69 Å². The van der Waals surface area contributed by atoms with Gasteiger partial charge in [0, 0.05) is 32.5 Å². The van der Waals surface area contributed by atoms with Crippen molar-refractivity contribution in [1.29, 1.82) is 0 Å². The quantitative estimate of drug-likeness (QED) is 0.553. The predicted octanol–water partition coefficient (Wildman–Crippen LogP) is 4.28. The van der Waals surface area contributed by atoms with E-state index in [1.54, 1.807) is 0 Å². The number of carbonyl (C=O) groups is 2. The van der Waals surface area contributed by atoms with E-state index >= 15 is 0 Å².